The summed E-state index contributed by atoms with van der Waals surface area (Å²) in [5, 5.41) is 3.82. The molecule has 0 atom stereocenters. The van der Waals surface area contributed by atoms with Crippen molar-refractivity contribution in [2.75, 3.05) is 26.2 Å². The van der Waals surface area contributed by atoms with Crippen LogP contribution >= 0.6 is 0 Å². The van der Waals surface area contributed by atoms with Gasteiger partial charge in [0.25, 0.3) is 5.91 Å². The van der Waals surface area contributed by atoms with Gasteiger partial charge in [0.1, 0.15) is 0 Å². The van der Waals surface area contributed by atoms with Gasteiger partial charge in [-0.1, -0.05) is 17.3 Å². The molecule has 0 bridgehead atoms. The number of aryl methyl sites for hydroxylation is 1. The van der Waals surface area contributed by atoms with Gasteiger partial charge in [0.05, 0.1) is 23.4 Å². The molecule has 0 aliphatic carbocycles. The summed E-state index contributed by atoms with van der Waals surface area (Å²) in [6, 6.07) is 6.75. The van der Waals surface area contributed by atoms with Crippen molar-refractivity contribution in [1.29, 1.82) is 0 Å². The third kappa shape index (κ3) is 4.01. The van der Waals surface area contributed by atoms with Crippen molar-refractivity contribution >= 4 is 5.91 Å². The molecule has 25 heavy (non-hydrogen) atoms. The highest BCUT2D eigenvalue weighted by molar-refractivity contribution is 5.96. The van der Waals surface area contributed by atoms with E-state index in [1.807, 2.05) is 13.0 Å². The van der Waals surface area contributed by atoms with E-state index in [1.54, 1.807) is 0 Å². The molecular formula is C17H18F3N3O2. The summed E-state index contributed by atoms with van der Waals surface area (Å²) in [7, 11) is 0. The SMILES string of the molecule is Cc1cc(CN2CCN(C(=O)c3ccccc3C(F)(F)F)CC2)on1. The van der Waals surface area contributed by atoms with E-state index in [-0.39, 0.29) is 5.56 Å². The van der Waals surface area contributed by atoms with Gasteiger partial charge in [-0.05, 0) is 19.1 Å². The normalized spacial score (nSPS) is 16.2. The highest BCUT2D eigenvalue weighted by atomic mass is 19.4. The van der Waals surface area contributed by atoms with Gasteiger partial charge in [0.2, 0.25) is 0 Å². The van der Waals surface area contributed by atoms with Gasteiger partial charge in [-0.3, -0.25) is 9.69 Å². The summed E-state index contributed by atoms with van der Waals surface area (Å²) >= 11 is 0. The molecule has 1 fully saturated rings. The first-order chi connectivity index (χ1) is 11.8. The molecule has 5 nitrogen and oxygen atoms in total. The number of aromatic nitrogens is 1. The molecule has 2 aromatic rings. The molecule has 1 aromatic heterocycles. The van der Waals surface area contributed by atoms with Gasteiger partial charge in [0, 0.05) is 32.2 Å². The Morgan fingerprint density at radius 2 is 1.88 bits per heavy atom. The van der Waals surface area contributed by atoms with Crippen LogP contribution in [0.1, 0.15) is 27.4 Å². The van der Waals surface area contributed by atoms with E-state index >= 15 is 0 Å². The molecule has 0 unspecified atom stereocenters. The van der Waals surface area contributed by atoms with Gasteiger partial charge in [0.15, 0.2) is 5.76 Å². The first-order valence-electron chi connectivity index (χ1n) is 7.94. The fourth-order valence-corrected chi connectivity index (χ4v) is 2.91. The summed E-state index contributed by atoms with van der Waals surface area (Å²) in [6.07, 6.45) is -4.54. The fraction of sp³-hybridized carbons (Fsp3) is 0.412. The van der Waals surface area contributed by atoms with Crippen LogP contribution in [0.2, 0.25) is 0 Å². The van der Waals surface area contributed by atoms with Crippen molar-refractivity contribution in [3.63, 3.8) is 0 Å². The van der Waals surface area contributed by atoms with E-state index in [4.69, 9.17) is 4.52 Å². The number of nitrogens with zero attached hydrogens (tertiary/aromatic N) is 3. The Bertz CT molecular complexity index is 750. The first kappa shape index (κ1) is 17.5. The van der Waals surface area contributed by atoms with Crippen LogP contribution in [-0.2, 0) is 12.7 Å². The standard InChI is InChI=1S/C17H18F3N3O2/c1-12-10-13(25-21-12)11-22-6-8-23(9-7-22)16(24)14-4-2-3-5-15(14)17(18,19)20/h2-5,10H,6-9,11H2,1H3. The van der Waals surface area contributed by atoms with E-state index in [2.05, 4.69) is 10.1 Å². The van der Waals surface area contributed by atoms with Crippen molar-refractivity contribution in [3.8, 4) is 0 Å². The summed E-state index contributed by atoms with van der Waals surface area (Å²) < 4.78 is 44.4. The number of benzene rings is 1. The molecular weight excluding hydrogens is 335 g/mol. The lowest BCUT2D eigenvalue weighted by molar-refractivity contribution is -0.138. The molecule has 1 aliphatic heterocycles. The number of piperazine rings is 1. The maximum Gasteiger partial charge on any atom is 0.417 e. The maximum atomic E-state index is 13.1. The van der Waals surface area contributed by atoms with Gasteiger partial charge in [-0.2, -0.15) is 13.2 Å². The quantitative estimate of drug-likeness (QED) is 0.851. The van der Waals surface area contributed by atoms with Gasteiger partial charge < -0.3 is 9.42 Å². The predicted molar refractivity (Wildman–Crippen MR) is 83.9 cm³/mol. The molecule has 0 spiro atoms. The number of rotatable bonds is 3. The van der Waals surface area contributed by atoms with Gasteiger partial charge in [-0.15, -0.1) is 0 Å². The summed E-state index contributed by atoms with van der Waals surface area (Å²) in [5.41, 5.74) is -0.388. The topological polar surface area (TPSA) is 49.6 Å². The maximum absolute atomic E-state index is 13.1. The molecule has 134 valence electrons. The van der Waals surface area contributed by atoms with Crippen LogP contribution in [0, 0.1) is 6.92 Å². The zero-order chi connectivity index (χ0) is 18.0. The lowest BCUT2D eigenvalue weighted by Gasteiger charge is -2.34. The van der Waals surface area contributed by atoms with Crippen LogP contribution in [-0.4, -0.2) is 47.0 Å². The molecule has 1 saturated heterocycles. The molecule has 1 aliphatic rings. The number of carbonyl (C=O) groups excluding carboxylic acids is 1. The smallest absolute Gasteiger partial charge is 0.360 e. The number of carbonyl (C=O) groups is 1. The Hall–Kier alpha value is -2.35. The Morgan fingerprint density at radius 1 is 1.20 bits per heavy atom. The second kappa shape index (κ2) is 6.87. The van der Waals surface area contributed by atoms with E-state index in [1.165, 1.54) is 23.1 Å². The number of hydrogen-bond donors (Lipinski definition) is 0. The number of amides is 1. The third-order valence-electron chi connectivity index (χ3n) is 4.18. The Kier molecular flexibility index (Phi) is 4.80. The monoisotopic (exact) mass is 353 g/mol. The molecule has 0 N–H and O–H groups in total. The summed E-state index contributed by atoms with van der Waals surface area (Å²) in [5.74, 6) is 0.155. The van der Waals surface area contributed by atoms with E-state index < -0.39 is 17.6 Å². The Labute approximate surface area is 143 Å². The Balaban J connectivity index is 1.64. The van der Waals surface area contributed by atoms with Crippen LogP contribution < -0.4 is 0 Å². The van der Waals surface area contributed by atoms with E-state index in [9.17, 15) is 18.0 Å². The van der Waals surface area contributed by atoms with Crippen molar-refractivity contribution in [3.05, 3.63) is 52.9 Å². The van der Waals surface area contributed by atoms with E-state index in [0.29, 0.717) is 32.7 Å². The van der Waals surface area contributed by atoms with Crippen molar-refractivity contribution in [2.24, 2.45) is 0 Å². The lowest BCUT2D eigenvalue weighted by atomic mass is 10.1. The van der Waals surface area contributed by atoms with Gasteiger partial charge in [-0.25, -0.2) is 0 Å². The molecule has 0 radical (unpaired) electrons. The van der Waals surface area contributed by atoms with Crippen LogP contribution in [0.3, 0.4) is 0 Å². The highest BCUT2D eigenvalue weighted by Gasteiger charge is 2.36. The second-order valence-electron chi connectivity index (χ2n) is 6.05. The van der Waals surface area contributed by atoms with Crippen LogP contribution in [0.15, 0.2) is 34.9 Å². The minimum atomic E-state index is -4.54. The van der Waals surface area contributed by atoms with Crippen molar-refractivity contribution in [2.45, 2.75) is 19.6 Å². The molecule has 8 heteroatoms. The van der Waals surface area contributed by atoms with Crippen LogP contribution in [0.4, 0.5) is 13.2 Å². The van der Waals surface area contributed by atoms with Crippen molar-refractivity contribution < 1.29 is 22.5 Å². The number of halogens is 3. The number of alkyl halides is 3. The minimum absolute atomic E-state index is 0.297. The molecule has 3 rings (SSSR count). The minimum Gasteiger partial charge on any atom is -0.360 e. The van der Waals surface area contributed by atoms with Crippen LogP contribution in [0.5, 0.6) is 0 Å². The largest absolute Gasteiger partial charge is 0.417 e. The van der Waals surface area contributed by atoms with Gasteiger partial charge >= 0.3 is 6.18 Å². The lowest BCUT2D eigenvalue weighted by Crippen LogP contribution is -2.48. The molecule has 1 aromatic carbocycles. The average Bonchev–Trinajstić information content (AvgIpc) is 2.99. The van der Waals surface area contributed by atoms with Crippen molar-refractivity contribution in [1.82, 2.24) is 15.0 Å². The molecule has 2 heterocycles. The molecule has 0 saturated carbocycles. The average molecular weight is 353 g/mol. The zero-order valence-corrected chi connectivity index (χ0v) is 13.7. The fourth-order valence-electron chi connectivity index (χ4n) is 2.91. The number of hydrogen-bond acceptors (Lipinski definition) is 4. The van der Waals surface area contributed by atoms with E-state index in [0.717, 1.165) is 17.5 Å². The highest BCUT2D eigenvalue weighted by Crippen LogP contribution is 2.32. The zero-order valence-electron chi connectivity index (χ0n) is 13.7. The summed E-state index contributed by atoms with van der Waals surface area (Å²) in [4.78, 5) is 16.1. The molecule has 1 amide bonds. The first-order valence-corrected chi connectivity index (χ1v) is 7.94. The second-order valence-corrected chi connectivity index (χ2v) is 6.05. The third-order valence-corrected chi connectivity index (χ3v) is 4.18. The Morgan fingerprint density at radius 3 is 2.48 bits per heavy atom. The summed E-state index contributed by atoms with van der Waals surface area (Å²) in [6.45, 7) is 4.29. The van der Waals surface area contributed by atoms with Crippen LogP contribution in [0.25, 0.3) is 0 Å². The predicted octanol–water partition coefficient (Wildman–Crippen LogP) is 2.96.